The van der Waals surface area contributed by atoms with Crippen LogP contribution in [0.25, 0.3) is 0 Å². The molecule has 1 heteroatoms. The highest BCUT2D eigenvalue weighted by atomic mass is 32.2. The smallest absolute Gasteiger partial charge is 0.00837 e. The summed E-state index contributed by atoms with van der Waals surface area (Å²) in [6.45, 7) is 9.79. The third-order valence-corrected chi connectivity index (χ3v) is 7.51. The van der Waals surface area contributed by atoms with Crippen LogP contribution in [0.2, 0.25) is 0 Å². The van der Waals surface area contributed by atoms with E-state index in [4.69, 9.17) is 0 Å². The van der Waals surface area contributed by atoms with E-state index >= 15 is 0 Å². The lowest BCUT2D eigenvalue weighted by atomic mass is 9.73. The molecular weight excluding hydrogens is 236 g/mol. The number of rotatable bonds is 4. The summed E-state index contributed by atoms with van der Waals surface area (Å²) in [4.78, 5) is 0. The van der Waals surface area contributed by atoms with Crippen molar-refractivity contribution < 1.29 is 0 Å². The quantitative estimate of drug-likeness (QED) is 0.624. The molecule has 1 saturated carbocycles. The van der Waals surface area contributed by atoms with Crippen molar-refractivity contribution in [1.29, 1.82) is 0 Å². The SMILES string of the molecule is CCC(C)C[C@@H]1[C@@H]2C(C)CCCCC2S[C@@H]1CC. The minimum absolute atomic E-state index is 0.929. The summed E-state index contributed by atoms with van der Waals surface area (Å²) in [5.41, 5.74) is 0. The van der Waals surface area contributed by atoms with Crippen LogP contribution in [0.1, 0.15) is 72.6 Å². The molecule has 1 saturated heterocycles. The minimum atomic E-state index is 0.929. The first-order valence-corrected chi connectivity index (χ1v) is 9.27. The van der Waals surface area contributed by atoms with E-state index in [1.165, 1.54) is 44.9 Å². The zero-order valence-corrected chi connectivity index (χ0v) is 13.6. The maximum atomic E-state index is 2.55. The van der Waals surface area contributed by atoms with Gasteiger partial charge in [-0.2, -0.15) is 11.8 Å². The zero-order valence-electron chi connectivity index (χ0n) is 12.8. The molecule has 18 heavy (non-hydrogen) atoms. The van der Waals surface area contributed by atoms with E-state index in [0.717, 1.165) is 34.2 Å². The highest BCUT2D eigenvalue weighted by Crippen LogP contribution is 2.53. The monoisotopic (exact) mass is 268 g/mol. The standard InChI is InChI=1S/C17H32S/c1-5-12(3)11-14-15(6-2)18-16-10-8-7-9-13(4)17(14)16/h12-17H,5-11H2,1-4H3/t12?,13?,14-,15+,16?,17-/m0/s1. The van der Waals surface area contributed by atoms with Crippen molar-refractivity contribution in [2.75, 3.05) is 0 Å². The maximum Gasteiger partial charge on any atom is 0.00837 e. The fourth-order valence-corrected chi connectivity index (χ4v) is 6.42. The Kier molecular flexibility index (Phi) is 5.47. The Balaban J connectivity index is 2.11. The van der Waals surface area contributed by atoms with E-state index in [1.54, 1.807) is 0 Å². The topological polar surface area (TPSA) is 0 Å². The van der Waals surface area contributed by atoms with Crippen LogP contribution < -0.4 is 0 Å². The lowest BCUT2D eigenvalue weighted by molar-refractivity contribution is 0.208. The predicted molar refractivity (Wildman–Crippen MR) is 84.1 cm³/mol. The van der Waals surface area contributed by atoms with Gasteiger partial charge in [0, 0.05) is 10.5 Å². The van der Waals surface area contributed by atoms with Crippen LogP contribution in [0.4, 0.5) is 0 Å². The molecular formula is C17H32S. The molecule has 2 fully saturated rings. The molecule has 3 unspecified atom stereocenters. The van der Waals surface area contributed by atoms with Gasteiger partial charge in [0.1, 0.15) is 0 Å². The molecule has 1 heterocycles. The highest BCUT2D eigenvalue weighted by molar-refractivity contribution is 8.00. The van der Waals surface area contributed by atoms with Gasteiger partial charge in [-0.15, -0.1) is 0 Å². The molecule has 1 aliphatic carbocycles. The van der Waals surface area contributed by atoms with Crippen LogP contribution >= 0.6 is 11.8 Å². The molecule has 1 aliphatic heterocycles. The Hall–Kier alpha value is 0.350. The Labute approximate surface area is 119 Å². The summed E-state index contributed by atoms with van der Waals surface area (Å²) in [5.74, 6) is 3.97. The van der Waals surface area contributed by atoms with Crippen LogP contribution in [0, 0.1) is 23.7 Å². The first-order valence-electron chi connectivity index (χ1n) is 8.32. The third-order valence-electron chi connectivity index (χ3n) is 5.58. The van der Waals surface area contributed by atoms with Crippen molar-refractivity contribution in [1.82, 2.24) is 0 Å². The molecule has 0 nitrogen and oxygen atoms in total. The van der Waals surface area contributed by atoms with Crippen LogP contribution in [-0.4, -0.2) is 10.5 Å². The van der Waals surface area contributed by atoms with Crippen molar-refractivity contribution in [3.05, 3.63) is 0 Å². The van der Waals surface area contributed by atoms with E-state index in [0.29, 0.717) is 0 Å². The van der Waals surface area contributed by atoms with Gasteiger partial charge in [0.25, 0.3) is 0 Å². The minimum Gasteiger partial charge on any atom is -0.155 e. The molecule has 0 aromatic carbocycles. The Bertz CT molecular complexity index is 250. The fraction of sp³-hybridized carbons (Fsp3) is 1.00. The second-order valence-electron chi connectivity index (χ2n) is 6.87. The Morgan fingerprint density at radius 1 is 1.17 bits per heavy atom. The molecule has 106 valence electrons. The molecule has 2 rings (SSSR count). The predicted octanol–water partition coefficient (Wildman–Crippen LogP) is 5.76. The average Bonchev–Trinajstić information content (AvgIpc) is 2.61. The summed E-state index contributed by atoms with van der Waals surface area (Å²) >= 11 is 2.37. The summed E-state index contributed by atoms with van der Waals surface area (Å²) in [7, 11) is 0. The first-order chi connectivity index (χ1) is 8.67. The molecule has 2 aliphatic rings. The Morgan fingerprint density at radius 2 is 1.89 bits per heavy atom. The van der Waals surface area contributed by atoms with Crippen LogP contribution in [-0.2, 0) is 0 Å². The van der Waals surface area contributed by atoms with Gasteiger partial charge < -0.3 is 0 Å². The lowest BCUT2D eigenvalue weighted by Crippen LogP contribution is -2.28. The fourth-order valence-electron chi connectivity index (χ4n) is 4.33. The molecule has 0 N–H and O–H groups in total. The molecule has 0 radical (unpaired) electrons. The number of hydrogen-bond donors (Lipinski definition) is 0. The lowest BCUT2D eigenvalue weighted by Gasteiger charge is -2.31. The van der Waals surface area contributed by atoms with Gasteiger partial charge >= 0.3 is 0 Å². The van der Waals surface area contributed by atoms with E-state index in [1.807, 2.05) is 0 Å². The van der Waals surface area contributed by atoms with Gasteiger partial charge in [-0.1, -0.05) is 53.4 Å². The van der Waals surface area contributed by atoms with Gasteiger partial charge in [0.05, 0.1) is 0 Å². The van der Waals surface area contributed by atoms with Gasteiger partial charge in [-0.3, -0.25) is 0 Å². The van der Waals surface area contributed by atoms with E-state index in [2.05, 4.69) is 39.5 Å². The summed E-state index contributed by atoms with van der Waals surface area (Å²) in [5, 5.41) is 1.97. The van der Waals surface area contributed by atoms with Crippen LogP contribution in [0.5, 0.6) is 0 Å². The second-order valence-corrected chi connectivity index (χ2v) is 8.36. The normalized spacial score (nSPS) is 42.3. The van der Waals surface area contributed by atoms with E-state index < -0.39 is 0 Å². The van der Waals surface area contributed by atoms with Crippen molar-refractivity contribution in [2.24, 2.45) is 23.7 Å². The summed E-state index contributed by atoms with van der Waals surface area (Å²) in [6.07, 6.45) is 10.2. The van der Waals surface area contributed by atoms with Gasteiger partial charge in [-0.05, 0) is 42.9 Å². The molecule has 0 aromatic rings. The van der Waals surface area contributed by atoms with E-state index in [9.17, 15) is 0 Å². The van der Waals surface area contributed by atoms with Gasteiger partial charge in [0.15, 0.2) is 0 Å². The van der Waals surface area contributed by atoms with Crippen molar-refractivity contribution >= 4 is 11.8 Å². The van der Waals surface area contributed by atoms with Gasteiger partial charge in [0.2, 0.25) is 0 Å². The van der Waals surface area contributed by atoms with E-state index in [-0.39, 0.29) is 0 Å². The molecule has 0 bridgehead atoms. The highest BCUT2D eigenvalue weighted by Gasteiger charge is 2.45. The van der Waals surface area contributed by atoms with Crippen molar-refractivity contribution in [3.63, 3.8) is 0 Å². The average molecular weight is 269 g/mol. The molecule has 0 aromatic heterocycles. The van der Waals surface area contributed by atoms with Crippen molar-refractivity contribution in [2.45, 2.75) is 83.1 Å². The number of thioether (sulfide) groups is 1. The molecule has 6 atom stereocenters. The van der Waals surface area contributed by atoms with Crippen LogP contribution in [0.3, 0.4) is 0 Å². The first kappa shape index (κ1) is 14.8. The third kappa shape index (κ3) is 3.08. The Morgan fingerprint density at radius 3 is 2.56 bits per heavy atom. The number of hydrogen-bond acceptors (Lipinski definition) is 1. The maximum absolute atomic E-state index is 2.55. The zero-order chi connectivity index (χ0) is 13.1. The largest absolute Gasteiger partial charge is 0.155 e. The molecule has 0 amide bonds. The van der Waals surface area contributed by atoms with Crippen molar-refractivity contribution in [3.8, 4) is 0 Å². The number of fused-ring (bicyclic) bond motifs is 1. The summed E-state index contributed by atoms with van der Waals surface area (Å²) in [6, 6.07) is 0. The summed E-state index contributed by atoms with van der Waals surface area (Å²) < 4.78 is 0. The van der Waals surface area contributed by atoms with Crippen LogP contribution in [0.15, 0.2) is 0 Å². The molecule has 0 spiro atoms. The van der Waals surface area contributed by atoms with Gasteiger partial charge in [-0.25, -0.2) is 0 Å². The second kappa shape index (κ2) is 6.68.